The molecule has 0 unspecified atom stereocenters. The third kappa shape index (κ3) is 4.56. The molecular weight excluding hydrogens is 321 g/mol. The maximum Gasteiger partial charge on any atom is 0.573 e. The average molecular weight is 333 g/mol. The Morgan fingerprint density at radius 3 is 2.35 bits per heavy atom. The Morgan fingerprint density at radius 2 is 1.70 bits per heavy atom. The molecule has 0 amide bonds. The van der Waals surface area contributed by atoms with Crippen LogP contribution in [0.5, 0.6) is 11.5 Å². The summed E-state index contributed by atoms with van der Waals surface area (Å²) in [4.78, 5) is 0. The largest absolute Gasteiger partial charge is 0.573 e. The quantitative estimate of drug-likeness (QED) is 0.845. The van der Waals surface area contributed by atoms with Gasteiger partial charge in [-0.05, 0) is 35.9 Å². The van der Waals surface area contributed by atoms with E-state index in [1.165, 1.54) is 6.07 Å². The van der Waals surface area contributed by atoms with Crippen LogP contribution in [0.3, 0.4) is 0 Å². The smallest absolute Gasteiger partial charge is 0.488 e. The minimum atomic E-state index is -4.91. The second kappa shape index (κ2) is 6.82. The lowest BCUT2D eigenvalue weighted by Crippen LogP contribution is -2.18. The zero-order valence-electron chi connectivity index (χ0n) is 11.7. The summed E-state index contributed by atoms with van der Waals surface area (Å²) in [5.41, 5.74) is 5.28. The van der Waals surface area contributed by atoms with Gasteiger partial charge in [-0.3, -0.25) is 0 Å². The number of hydrogen-bond acceptors (Lipinski definition) is 3. The molecule has 0 radical (unpaired) electrons. The molecule has 0 aliphatic heterocycles. The van der Waals surface area contributed by atoms with Crippen LogP contribution in [0.15, 0.2) is 36.4 Å². The molecule has 124 valence electrons. The fourth-order valence-corrected chi connectivity index (χ4v) is 1.88. The van der Waals surface area contributed by atoms with Crippen LogP contribution in [0, 0.1) is 11.6 Å². The summed E-state index contributed by atoms with van der Waals surface area (Å²) in [6, 6.07) is 6.07. The molecule has 2 rings (SSSR count). The minimum absolute atomic E-state index is 0.0595. The van der Waals surface area contributed by atoms with Gasteiger partial charge in [0.25, 0.3) is 0 Å². The maximum atomic E-state index is 13.8. The molecule has 0 bridgehead atoms. The molecule has 3 nitrogen and oxygen atoms in total. The van der Waals surface area contributed by atoms with Crippen LogP contribution < -0.4 is 15.2 Å². The molecule has 0 saturated heterocycles. The zero-order valence-corrected chi connectivity index (χ0v) is 11.7. The van der Waals surface area contributed by atoms with Gasteiger partial charge in [-0.25, -0.2) is 8.78 Å². The topological polar surface area (TPSA) is 44.5 Å². The van der Waals surface area contributed by atoms with Crippen molar-refractivity contribution in [3.63, 3.8) is 0 Å². The van der Waals surface area contributed by atoms with Gasteiger partial charge in [0.1, 0.15) is 18.2 Å². The molecule has 2 aromatic rings. The van der Waals surface area contributed by atoms with Crippen molar-refractivity contribution in [2.24, 2.45) is 5.73 Å². The molecule has 0 spiro atoms. The Labute approximate surface area is 128 Å². The predicted octanol–water partition coefficient (Wildman–Crippen LogP) is 3.87. The number of ether oxygens (including phenoxy) is 2. The lowest BCUT2D eigenvalue weighted by molar-refractivity contribution is -0.275. The maximum absolute atomic E-state index is 13.8. The van der Waals surface area contributed by atoms with E-state index < -0.39 is 23.7 Å². The van der Waals surface area contributed by atoms with Gasteiger partial charge in [-0.15, -0.1) is 13.2 Å². The van der Waals surface area contributed by atoms with Gasteiger partial charge in [-0.1, -0.05) is 6.07 Å². The minimum Gasteiger partial charge on any atom is -0.488 e. The van der Waals surface area contributed by atoms with Gasteiger partial charge in [0, 0.05) is 12.1 Å². The van der Waals surface area contributed by atoms with E-state index in [2.05, 4.69) is 4.74 Å². The molecule has 0 aliphatic carbocycles. The summed E-state index contributed by atoms with van der Waals surface area (Å²) >= 11 is 0. The van der Waals surface area contributed by atoms with Crippen LogP contribution in [0.4, 0.5) is 22.0 Å². The molecule has 0 fully saturated rings. The average Bonchev–Trinajstić information content (AvgIpc) is 2.47. The summed E-state index contributed by atoms with van der Waals surface area (Å²) in [7, 11) is 0. The Hall–Kier alpha value is -2.35. The van der Waals surface area contributed by atoms with E-state index in [9.17, 15) is 22.0 Å². The predicted molar refractivity (Wildman–Crippen MR) is 73.0 cm³/mol. The number of halogens is 5. The van der Waals surface area contributed by atoms with Crippen molar-refractivity contribution in [3.05, 3.63) is 48.0 Å². The Balaban J connectivity index is 2.44. The van der Waals surface area contributed by atoms with Crippen molar-refractivity contribution in [2.45, 2.75) is 6.36 Å². The van der Waals surface area contributed by atoms with E-state index in [4.69, 9.17) is 10.5 Å². The highest BCUT2D eigenvalue weighted by Gasteiger charge is 2.32. The van der Waals surface area contributed by atoms with Crippen LogP contribution >= 0.6 is 0 Å². The Kier molecular flexibility index (Phi) is 5.05. The Bertz CT molecular complexity index is 688. The summed E-state index contributed by atoms with van der Waals surface area (Å²) < 4.78 is 73.1. The van der Waals surface area contributed by atoms with Gasteiger partial charge >= 0.3 is 6.36 Å². The highest BCUT2D eigenvalue weighted by molar-refractivity contribution is 5.67. The van der Waals surface area contributed by atoms with E-state index in [1.807, 2.05) is 0 Å². The summed E-state index contributed by atoms with van der Waals surface area (Å²) in [6.45, 7) is -0.00663. The van der Waals surface area contributed by atoms with E-state index in [0.29, 0.717) is 0 Å². The summed E-state index contributed by atoms with van der Waals surface area (Å²) in [5.74, 6) is -2.26. The van der Waals surface area contributed by atoms with E-state index >= 15 is 0 Å². The van der Waals surface area contributed by atoms with E-state index in [-0.39, 0.29) is 30.0 Å². The van der Waals surface area contributed by atoms with Gasteiger partial charge in [0.2, 0.25) is 0 Å². The molecule has 0 aliphatic rings. The second-order valence-corrected chi connectivity index (χ2v) is 4.47. The number of nitrogens with two attached hydrogens (primary N) is 1. The first-order valence-corrected chi connectivity index (χ1v) is 6.48. The third-order valence-corrected chi connectivity index (χ3v) is 2.78. The van der Waals surface area contributed by atoms with Crippen molar-refractivity contribution in [1.29, 1.82) is 0 Å². The molecule has 0 aromatic heterocycles. The van der Waals surface area contributed by atoms with Crippen molar-refractivity contribution < 1.29 is 31.4 Å². The first-order chi connectivity index (χ1) is 10.8. The second-order valence-electron chi connectivity index (χ2n) is 4.47. The SMILES string of the molecule is NCCOc1cc(-c2cc(F)ccc2F)ccc1OC(F)(F)F. The first-order valence-electron chi connectivity index (χ1n) is 6.48. The van der Waals surface area contributed by atoms with Gasteiger partial charge < -0.3 is 15.2 Å². The van der Waals surface area contributed by atoms with Crippen molar-refractivity contribution in [2.75, 3.05) is 13.2 Å². The van der Waals surface area contributed by atoms with Crippen LogP contribution in [-0.4, -0.2) is 19.5 Å². The molecule has 2 aromatic carbocycles. The first kappa shape index (κ1) is 17.0. The molecular formula is C15H12F5NO2. The Morgan fingerprint density at radius 1 is 0.957 bits per heavy atom. The lowest BCUT2D eigenvalue weighted by Gasteiger charge is -2.15. The number of benzene rings is 2. The summed E-state index contributed by atoms with van der Waals surface area (Å²) in [5, 5.41) is 0. The standard InChI is InChI=1S/C15H12F5NO2/c16-10-2-3-12(17)11(8-10)9-1-4-13(23-15(18,19)20)14(7-9)22-6-5-21/h1-4,7-8H,5-6,21H2. The van der Waals surface area contributed by atoms with E-state index in [0.717, 1.165) is 30.3 Å². The highest BCUT2D eigenvalue weighted by Crippen LogP contribution is 2.36. The molecule has 0 saturated carbocycles. The fraction of sp³-hybridized carbons (Fsp3) is 0.200. The summed E-state index contributed by atoms with van der Waals surface area (Å²) in [6.07, 6.45) is -4.91. The van der Waals surface area contributed by atoms with Gasteiger partial charge in [-0.2, -0.15) is 0 Å². The fourth-order valence-electron chi connectivity index (χ4n) is 1.88. The number of alkyl halides is 3. The van der Waals surface area contributed by atoms with Crippen molar-refractivity contribution >= 4 is 0 Å². The van der Waals surface area contributed by atoms with Crippen molar-refractivity contribution in [1.82, 2.24) is 0 Å². The van der Waals surface area contributed by atoms with Crippen LogP contribution in [0.2, 0.25) is 0 Å². The monoisotopic (exact) mass is 333 g/mol. The molecule has 0 atom stereocenters. The molecule has 2 N–H and O–H groups in total. The molecule has 0 heterocycles. The van der Waals surface area contributed by atoms with Crippen LogP contribution in [-0.2, 0) is 0 Å². The molecule has 8 heteroatoms. The van der Waals surface area contributed by atoms with Crippen molar-refractivity contribution in [3.8, 4) is 22.6 Å². The normalized spacial score (nSPS) is 11.4. The van der Waals surface area contributed by atoms with E-state index in [1.54, 1.807) is 0 Å². The highest BCUT2D eigenvalue weighted by atomic mass is 19.4. The van der Waals surface area contributed by atoms with Crippen LogP contribution in [0.25, 0.3) is 11.1 Å². The number of rotatable bonds is 5. The van der Waals surface area contributed by atoms with Gasteiger partial charge in [0.05, 0.1) is 0 Å². The van der Waals surface area contributed by atoms with Gasteiger partial charge in [0.15, 0.2) is 11.5 Å². The zero-order chi connectivity index (χ0) is 17.0. The number of hydrogen-bond donors (Lipinski definition) is 1. The third-order valence-electron chi connectivity index (χ3n) is 2.78. The lowest BCUT2D eigenvalue weighted by atomic mass is 10.0. The molecule has 23 heavy (non-hydrogen) atoms. The van der Waals surface area contributed by atoms with Crippen LogP contribution in [0.1, 0.15) is 0 Å².